The molecule has 0 spiro atoms. The van der Waals surface area contributed by atoms with E-state index in [9.17, 15) is 22.8 Å². The first kappa shape index (κ1) is 22.8. The molecule has 2 N–H and O–H groups in total. The molecule has 2 amide bonds. The van der Waals surface area contributed by atoms with Crippen LogP contribution in [0, 0.1) is 0 Å². The van der Waals surface area contributed by atoms with E-state index in [-0.39, 0.29) is 6.42 Å². The monoisotopic (exact) mass is 388 g/mol. The Hall–Kier alpha value is -2.25. The van der Waals surface area contributed by atoms with Crippen LogP contribution in [-0.2, 0) is 22.1 Å². The maximum Gasteiger partial charge on any atom is 0.416 e. The van der Waals surface area contributed by atoms with Gasteiger partial charge >= 0.3 is 12.3 Å². The Morgan fingerprint density at radius 2 is 1.70 bits per heavy atom. The third-order valence-corrected chi connectivity index (χ3v) is 3.49. The third-order valence-electron chi connectivity index (χ3n) is 3.49. The van der Waals surface area contributed by atoms with Crippen LogP contribution in [0.5, 0.6) is 0 Å². The summed E-state index contributed by atoms with van der Waals surface area (Å²) in [6.45, 7) is 10.0. The number of hydrogen-bond donors (Lipinski definition) is 2. The number of ether oxygens (including phenoxy) is 1. The molecule has 8 heteroatoms. The van der Waals surface area contributed by atoms with Crippen LogP contribution in [0.4, 0.5) is 18.0 Å². The Morgan fingerprint density at radius 1 is 1.11 bits per heavy atom. The van der Waals surface area contributed by atoms with Gasteiger partial charge in [0.1, 0.15) is 11.6 Å². The number of amides is 2. The van der Waals surface area contributed by atoms with Crippen molar-refractivity contribution in [3.05, 3.63) is 35.4 Å². The van der Waals surface area contributed by atoms with Crippen LogP contribution in [0.3, 0.4) is 0 Å². The molecule has 1 atom stereocenters. The number of nitrogens with one attached hydrogen (secondary N) is 2. The number of alkyl halides is 3. The minimum absolute atomic E-state index is 0.196. The van der Waals surface area contributed by atoms with Crippen molar-refractivity contribution in [3.63, 3.8) is 0 Å². The minimum atomic E-state index is -4.42. The topological polar surface area (TPSA) is 67.4 Å². The van der Waals surface area contributed by atoms with Crippen molar-refractivity contribution in [1.82, 2.24) is 10.6 Å². The van der Waals surface area contributed by atoms with Crippen LogP contribution in [0.1, 0.15) is 52.7 Å². The van der Waals surface area contributed by atoms with E-state index in [4.69, 9.17) is 4.74 Å². The first-order valence-corrected chi connectivity index (χ1v) is 8.57. The molecule has 0 bridgehead atoms. The number of alkyl carbamates (subject to hydrolysis) is 1. The molecule has 0 fully saturated rings. The van der Waals surface area contributed by atoms with E-state index < -0.39 is 40.9 Å². The molecule has 0 aliphatic heterocycles. The van der Waals surface area contributed by atoms with Gasteiger partial charge in [-0.3, -0.25) is 4.79 Å². The van der Waals surface area contributed by atoms with E-state index in [1.807, 2.05) is 0 Å². The van der Waals surface area contributed by atoms with Gasteiger partial charge in [-0.05, 0) is 59.6 Å². The standard InChI is InChI=1S/C19H27F3N2O3/c1-12(23-16(26)27-17(2,3)4)15(25)24-18(5,6)11-13-8-7-9-14(10-13)19(20,21)22/h7-10,12H,11H2,1-6H3,(H,23,26)(H,24,25)/t12-/m0/s1. The van der Waals surface area contributed by atoms with Gasteiger partial charge in [-0.2, -0.15) is 13.2 Å². The summed E-state index contributed by atoms with van der Waals surface area (Å²) in [6.07, 6.45) is -4.95. The zero-order valence-electron chi connectivity index (χ0n) is 16.5. The Balaban J connectivity index is 2.71. The van der Waals surface area contributed by atoms with Crippen LogP contribution in [0.2, 0.25) is 0 Å². The normalized spacial score (nSPS) is 13.7. The predicted octanol–water partition coefficient (Wildman–Crippen LogP) is 4.06. The van der Waals surface area contributed by atoms with Crippen molar-refractivity contribution in [1.29, 1.82) is 0 Å². The maximum atomic E-state index is 12.8. The highest BCUT2D eigenvalue weighted by Crippen LogP contribution is 2.30. The molecular weight excluding hydrogens is 361 g/mol. The summed E-state index contributed by atoms with van der Waals surface area (Å²) in [5.74, 6) is -0.460. The average molecular weight is 388 g/mol. The minimum Gasteiger partial charge on any atom is -0.444 e. The van der Waals surface area contributed by atoms with Crippen molar-refractivity contribution >= 4 is 12.0 Å². The molecule has 1 aromatic rings. The van der Waals surface area contributed by atoms with Gasteiger partial charge in [-0.15, -0.1) is 0 Å². The summed E-state index contributed by atoms with van der Waals surface area (Å²) in [5.41, 5.74) is -1.79. The molecule has 0 saturated heterocycles. The second kappa shape index (κ2) is 8.19. The molecule has 0 aliphatic carbocycles. The first-order chi connectivity index (χ1) is 12.1. The van der Waals surface area contributed by atoms with E-state index in [0.29, 0.717) is 5.56 Å². The summed E-state index contributed by atoms with van der Waals surface area (Å²) in [5, 5.41) is 5.17. The van der Waals surface area contributed by atoms with Crippen LogP contribution in [0.25, 0.3) is 0 Å². The average Bonchev–Trinajstić information content (AvgIpc) is 2.43. The number of hydrogen-bond acceptors (Lipinski definition) is 3. The summed E-state index contributed by atoms with van der Waals surface area (Å²) in [6, 6.07) is 4.12. The lowest BCUT2D eigenvalue weighted by Gasteiger charge is -2.29. The number of rotatable bonds is 5. The molecule has 0 saturated carbocycles. The Bertz CT molecular complexity index is 680. The highest BCUT2D eigenvalue weighted by Gasteiger charge is 2.31. The van der Waals surface area contributed by atoms with Crippen LogP contribution < -0.4 is 10.6 Å². The summed E-state index contributed by atoms with van der Waals surface area (Å²) in [7, 11) is 0. The number of benzene rings is 1. The fourth-order valence-corrected chi connectivity index (χ4v) is 2.40. The highest BCUT2D eigenvalue weighted by atomic mass is 19.4. The van der Waals surface area contributed by atoms with Gasteiger partial charge in [0, 0.05) is 5.54 Å². The maximum absolute atomic E-state index is 12.8. The third kappa shape index (κ3) is 8.32. The molecule has 0 radical (unpaired) electrons. The molecule has 1 rings (SSSR count). The molecule has 0 aromatic heterocycles. The van der Waals surface area contributed by atoms with Crippen molar-refractivity contribution in [2.75, 3.05) is 0 Å². The van der Waals surface area contributed by atoms with Gasteiger partial charge in [-0.1, -0.05) is 18.2 Å². The lowest BCUT2D eigenvalue weighted by molar-refractivity contribution is -0.137. The van der Waals surface area contributed by atoms with Gasteiger partial charge < -0.3 is 15.4 Å². The molecule has 5 nitrogen and oxygen atoms in total. The smallest absolute Gasteiger partial charge is 0.416 e. The van der Waals surface area contributed by atoms with Crippen molar-refractivity contribution < 1.29 is 27.5 Å². The highest BCUT2D eigenvalue weighted by molar-refractivity contribution is 5.85. The van der Waals surface area contributed by atoms with E-state index in [1.165, 1.54) is 13.0 Å². The van der Waals surface area contributed by atoms with Gasteiger partial charge in [0.05, 0.1) is 5.56 Å². The predicted molar refractivity (Wildman–Crippen MR) is 96.2 cm³/mol. The zero-order chi connectivity index (χ0) is 21.0. The quantitative estimate of drug-likeness (QED) is 0.800. The van der Waals surface area contributed by atoms with Crippen LogP contribution >= 0.6 is 0 Å². The lowest BCUT2D eigenvalue weighted by atomic mass is 9.93. The fourth-order valence-electron chi connectivity index (χ4n) is 2.40. The number of carbonyl (C=O) groups excluding carboxylic acids is 2. The largest absolute Gasteiger partial charge is 0.444 e. The van der Waals surface area contributed by atoms with E-state index in [2.05, 4.69) is 10.6 Å². The number of carbonyl (C=O) groups is 2. The molecule has 1 aromatic carbocycles. The van der Waals surface area contributed by atoms with Crippen molar-refractivity contribution in [3.8, 4) is 0 Å². The van der Waals surface area contributed by atoms with Crippen molar-refractivity contribution in [2.45, 2.75) is 71.3 Å². The van der Waals surface area contributed by atoms with E-state index in [1.54, 1.807) is 40.7 Å². The second-order valence-electron chi connectivity index (χ2n) is 8.12. The summed E-state index contributed by atoms with van der Waals surface area (Å²) < 4.78 is 43.6. The molecule has 0 aliphatic rings. The SMILES string of the molecule is C[C@H](NC(=O)OC(C)(C)C)C(=O)NC(C)(C)Cc1cccc(C(F)(F)F)c1. The first-order valence-electron chi connectivity index (χ1n) is 8.57. The molecule has 27 heavy (non-hydrogen) atoms. The van der Waals surface area contributed by atoms with Gasteiger partial charge in [-0.25, -0.2) is 4.79 Å². The van der Waals surface area contributed by atoms with Gasteiger partial charge in [0.25, 0.3) is 0 Å². The Morgan fingerprint density at radius 3 is 2.22 bits per heavy atom. The van der Waals surface area contributed by atoms with E-state index in [0.717, 1.165) is 12.1 Å². The second-order valence-corrected chi connectivity index (χ2v) is 8.12. The Kier molecular flexibility index (Phi) is 6.91. The summed E-state index contributed by atoms with van der Waals surface area (Å²) >= 11 is 0. The molecule has 152 valence electrons. The van der Waals surface area contributed by atoms with Crippen LogP contribution in [0.15, 0.2) is 24.3 Å². The van der Waals surface area contributed by atoms with Crippen molar-refractivity contribution in [2.24, 2.45) is 0 Å². The number of halogens is 3. The zero-order valence-corrected chi connectivity index (χ0v) is 16.5. The lowest BCUT2D eigenvalue weighted by Crippen LogP contribution is -2.53. The molecule has 0 unspecified atom stereocenters. The Labute approximate surface area is 157 Å². The van der Waals surface area contributed by atoms with E-state index >= 15 is 0 Å². The molecular formula is C19H27F3N2O3. The van der Waals surface area contributed by atoms with Crippen LogP contribution in [-0.4, -0.2) is 29.2 Å². The summed E-state index contributed by atoms with van der Waals surface area (Å²) in [4.78, 5) is 24.1. The van der Waals surface area contributed by atoms with Gasteiger partial charge in [0.15, 0.2) is 0 Å². The molecule has 0 heterocycles. The van der Waals surface area contributed by atoms with Gasteiger partial charge in [0.2, 0.25) is 5.91 Å². The fraction of sp³-hybridized carbons (Fsp3) is 0.579.